The van der Waals surface area contributed by atoms with Crippen LogP contribution in [0.15, 0.2) is 48.5 Å². The van der Waals surface area contributed by atoms with Gasteiger partial charge in [-0.3, -0.25) is 4.79 Å². The fourth-order valence-electron chi connectivity index (χ4n) is 2.62. The molecule has 1 aliphatic heterocycles. The van der Waals surface area contributed by atoms with Crippen LogP contribution >= 0.6 is 11.6 Å². The van der Waals surface area contributed by atoms with Crippen molar-refractivity contribution in [1.29, 1.82) is 0 Å². The highest BCUT2D eigenvalue weighted by Crippen LogP contribution is 2.26. The van der Waals surface area contributed by atoms with Crippen LogP contribution in [0.4, 0.5) is 5.69 Å². The van der Waals surface area contributed by atoms with Crippen molar-refractivity contribution in [1.82, 2.24) is 0 Å². The van der Waals surface area contributed by atoms with E-state index in [9.17, 15) is 9.90 Å². The number of ether oxygens (including phenoxy) is 1. The van der Waals surface area contributed by atoms with E-state index in [-0.39, 0.29) is 18.4 Å². The quantitative estimate of drug-likeness (QED) is 0.915. The number of aliphatic hydroxyl groups excluding tert-OH is 1. The van der Waals surface area contributed by atoms with Crippen molar-refractivity contribution in [3.63, 3.8) is 0 Å². The largest absolute Gasteiger partial charge is 0.489 e. The average Bonchev–Trinajstić information content (AvgIpc) is 2.96. The van der Waals surface area contributed by atoms with Gasteiger partial charge < -0.3 is 14.7 Å². The summed E-state index contributed by atoms with van der Waals surface area (Å²) in [5.74, 6) is 0.830. The van der Waals surface area contributed by atoms with Crippen LogP contribution in [-0.2, 0) is 11.4 Å². The lowest BCUT2D eigenvalue weighted by atomic mass is 10.1. The Kier molecular flexibility index (Phi) is 4.84. The second-order valence-electron chi connectivity index (χ2n) is 5.67. The third kappa shape index (κ3) is 3.84. The van der Waals surface area contributed by atoms with Gasteiger partial charge in [0.25, 0.3) is 0 Å². The third-order valence-electron chi connectivity index (χ3n) is 3.93. The van der Waals surface area contributed by atoms with Gasteiger partial charge in [-0.15, -0.1) is 0 Å². The zero-order valence-corrected chi connectivity index (χ0v) is 13.4. The summed E-state index contributed by atoms with van der Waals surface area (Å²) >= 11 is 5.85. The van der Waals surface area contributed by atoms with Crippen LogP contribution in [0, 0.1) is 5.92 Å². The van der Waals surface area contributed by atoms with Crippen molar-refractivity contribution in [2.45, 2.75) is 13.0 Å². The Labute approximate surface area is 140 Å². The molecule has 2 aromatic rings. The summed E-state index contributed by atoms with van der Waals surface area (Å²) in [7, 11) is 0. The second kappa shape index (κ2) is 7.02. The van der Waals surface area contributed by atoms with Crippen LogP contribution in [0.1, 0.15) is 12.0 Å². The van der Waals surface area contributed by atoms with E-state index >= 15 is 0 Å². The molecule has 0 aromatic heterocycles. The summed E-state index contributed by atoms with van der Waals surface area (Å²) < 4.78 is 5.73. The monoisotopic (exact) mass is 331 g/mol. The summed E-state index contributed by atoms with van der Waals surface area (Å²) in [5.41, 5.74) is 1.88. The van der Waals surface area contributed by atoms with Crippen molar-refractivity contribution in [2.24, 2.45) is 5.92 Å². The predicted molar refractivity (Wildman–Crippen MR) is 89.8 cm³/mol. The first-order valence-electron chi connectivity index (χ1n) is 7.54. The van der Waals surface area contributed by atoms with Crippen molar-refractivity contribution >= 4 is 23.2 Å². The number of carbonyl (C=O) groups is 1. The molecule has 1 N–H and O–H groups in total. The second-order valence-corrected chi connectivity index (χ2v) is 6.10. The molecule has 1 saturated heterocycles. The van der Waals surface area contributed by atoms with E-state index in [1.165, 1.54) is 0 Å². The standard InChI is InChI=1S/C18H18ClNO3/c19-15-3-1-13(2-4-15)12-23-17-7-5-16(6-8-17)20-10-14(11-21)9-18(20)22/h1-8,14,21H,9-12H2. The van der Waals surface area contributed by atoms with Gasteiger partial charge in [-0.05, 0) is 42.0 Å². The SMILES string of the molecule is O=C1CC(CO)CN1c1ccc(OCc2ccc(Cl)cc2)cc1. The minimum Gasteiger partial charge on any atom is -0.489 e. The number of benzene rings is 2. The molecule has 5 heteroatoms. The molecule has 3 rings (SSSR count). The van der Waals surface area contributed by atoms with E-state index in [1.807, 2.05) is 48.5 Å². The smallest absolute Gasteiger partial charge is 0.227 e. The highest BCUT2D eigenvalue weighted by molar-refractivity contribution is 6.30. The molecule has 120 valence electrons. The van der Waals surface area contributed by atoms with Crippen LogP contribution in [0.3, 0.4) is 0 Å². The number of anilines is 1. The number of halogens is 1. The van der Waals surface area contributed by atoms with Gasteiger partial charge in [0.15, 0.2) is 0 Å². The molecule has 0 radical (unpaired) electrons. The maximum Gasteiger partial charge on any atom is 0.227 e. The zero-order chi connectivity index (χ0) is 16.2. The molecule has 1 heterocycles. The number of aliphatic hydroxyl groups is 1. The van der Waals surface area contributed by atoms with Gasteiger partial charge in [-0.1, -0.05) is 23.7 Å². The molecule has 2 aromatic carbocycles. The molecule has 1 amide bonds. The number of nitrogens with zero attached hydrogens (tertiary/aromatic N) is 1. The van der Waals surface area contributed by atoms with E-state index in [1.54, 1.807) is 4.90 Å². The van der Waals surface area contributed by atoms with E-state index in [0.29, 0.717) is 24.6 Å². The van der Waals surface area contributed by atoms with E-state index in [2.05, 4.69) is 0 Å². The maximum atomic E-state index is 11.9. The van der Waals surface area contributed by atoms with Crippen LogP contribution in [0.25, 0.3) is 0 Å². The minimum atomic E-state index is 0.0309. The Morgan fingerprint density at radius 3 is 2.43 bits per heavy atom. The average molecular weight is 332 g/mol. The molecule has 1 unspecified atom stereocenters. The molecule has 1 fully saturated rings. The summed E-state index contributed by atoms with van der Waals surface area (Å²) in [6.45, 7) is 1.08. The fourth-order valence-corrected chi connectivity index (χ4v) is 2.75. The molecule has 0 aliphatic carbocycles. The third-order valence-corrected chi connectivity index (χ3v) is 4.18. The van der Waals surface area contributed by atoms with Crippen molar-refractivity contribution < 1.29 is 14.6 Å². The summed E-state index contributed by atoms with van der Waals surface area (Å²) in [5, 5.41) is 9.88. The van der Waals surface area contributed by atoms with Crippen molar-refractivity contribution in [3.05, 3.63) is 59.1 Å². The normalized spacial score (nSPS) is 17.6. The Morgan fingerprint density at radius 1 is 1.13 bits per heavy atom. The molecular weight excluding hydrogens is 314 g/mol. The lowest BCUT2D eigenvalue weighted by Crippen LogP contribution is -2.24. The molecule has 0 saturated carbocycles. The van der Waals surface area contributed by atoms with Gasteiger partial charge in [-0.25, -0.2) is 0 Å². The van der Waals surface area contributed by atoms with Crippen LogP contribution in [-0.4, -0.2) is 24.2 Å². The molecule has 4 nitrogen and oxygen atoms in total. The first-order chi connectivity index (χ1) is 11.2. The minimum absolute atomic E-state index is 0.0309. The molecule has 0 bridgehead atoms. The van der Waals surface area contributed by atoms with Crippen molar-refractivity contribution in [3.8, 4) is 5.75 Å². The van der Waals surface area contributed by atoms with E-state index in [0.717, 1.165) is 17.0 Å². The first-order valence-corrected chi connectivity index (χ1v) is 7.92. The highest BCUT2D eigenvalue weighted by Gasteiger charge is 2.29. The molecule has 1 aliphatic rings. The van der Waals surface area contributed by atoms with Gasteiger partial charge in [0.05, 0.1) is 0 Å². The molecule has 0 spiro atoms. The van der Waals surface area contributed by atoms with Gasteiger partial charge >= 0.3 is 0 Å². The van der Waals surface area contributed by atoms with Crippen molar-refractivity contribution in [2.75, 3.05) is 18.1 Å². The Balaban J connectivity index is 1.61. The number of rotatable bonds is 5. The number of hydrogen-bond acceptors (Lipinski definition) is 3. The summed E-state index contributed by atoms with van der Waals surface area (Å²) in [6, 6.07) is 15.0. The van der Waals surface area contributed by atoms with Gasteiger partial charge in [0.2, 0.25) is 5.91 Å². The fraction of sp³-hybridized carbons (Fsp3) is 0.278. The van der Waals surface area contributed by atoms with Gasteiger partial charge in [-0.2, -0.15) is 0 Å². The van der Waals surface area contributed by atoms with Gasteiger partial charge in [0, 0.05) is 36.2 Å². The lowest BCUT2D eigenvalue weighted by molar-refractivity contribution is -0.117. The summed E-state index contributed by atoms with van der Waals surface area (Å²) in [6.07, 6.45) is 0.408. The van der Waals surface area contributed by atoms with Crippen LogP contribution in [0.2, 0.25) is 5.02 Å². The van der Waals surface area contributed by atoms with Crippen LogP contribution < -0.4 is 9.64 Å². The molecule has 1 atom stereocenters. The molecule has 23 heavy (non-hydrogen) atoms. The first kappa shape index (κ1) is 15.8. The topological polar surface area (TPSA) is 49.8 Å². The Bertz CT molecular complexity index is 670. The molecular formula is C18H18ClNO3. The van der Waals surface area contributed by atoms with Gasteiger partial charge in [0.1, 0.15) is 12.4 Å². The number of hydrogen-bond donors (Lipinski definition) is 1. The number of carbonyl (C=O) groups excluding carboxylic acids is 1. The van der Waals surface area contributed by atoms with E-state index < -0.39 is 0 Å². The zero-order valence-electron chi connectivity index (χ0n) is 12.6. The summed E-state index contributed by atoms with van der Waals surface area (Å²) in [4.78, 5) is 13.7. The lowest BCUT2D eigenvalue weighted by Gasteiger charge is -2.17. The Hall–Kier alpha value is -2.04. The predicted octanol–water partition coefficient (Wildman–Crippen LogP) is 3.26. The Morgan fingerprint density at radius 2 is 1.83 bits per heavy atom. The number of amides is 1. The highest BCUT2D eigenvalue weighted by atomic mass is 35.5. The maximum absolute atomic E-state index is 11.9. The van der Waals surface area contributed by atoms with E-state index in [4.69, 9.17) is 16.3 Å². The van der Waals surface area contributed by atoms with Crippen LogP contribution in [0.5, 0.6) is 5.75 Å².